The molecule has 2 saturated heterocycles. The number of allylic oxidation sites excluding steroid dienone is 1. The minimum Gasteiger partial charge on any atom is -0.456 e. The Morgan fingerprint density at radius 1 is 0.984 bits per heavy atom. The van der Waals surface area contributed by atoms with E-state index in [4.69, 9.17) is 16.3 Å². The van der Waals surface area contributed by atoms with E-state index in [9.17, 15) is 23.3 Å². The number of nitro benzene ring substituents is 1. The Hall–Kier alpha value is -5.48. The lowest BCUT2D eigenvalue weighted by molar-refractivity contribution is -0.384. The molecule has 3 N–H and O–H groups in total. The van der Waals surface area contributed by atoms with Gasteiger partial charge in [0.2, 0.25) is 0 Å². The second kappa shape index (κ2) is 17.5. The number of rotatable bonds is 12. The van der Waals surface area contributed by atoms with Gasteiger partial charge in [0, 0.05) is 61.6 Å². The van der Waals surface area contributed by atoms with Crippen molar-refractivity contribution >= 4 is 61.1 Å². The molecule has 4 aromatic carbocycles. The molecule has 14 nitrogen and oxygen atoms in total. The predicted octanol–water partition coefficient (Wildman–Crippen LogP) is 8.33. The van der Waals surface area contributed by atoms with Gasteiger partial charge in [0.15, 0.2) is 0 Å². The minimum absolute atomic E-state index is 0.0104. The maximum absolute atomic E-state index is 14.0. The first kappa shape index (κ1) is 42.2. The summed E-state index contributed by atoms with van der Waals surface area (Å²) in [5.74, 6) is -0.371. The Bertz CT molecular complexity index is 2580. The highest BCUT2D eigenvalue weighted by Gasteiger charge is 2.31. The summed E-state index contributed by atoms with van der Waals surface area (Å²) in [4.78, 5) is 32.0. The quantitative estimate of drug-likeness (QED) is 0.0816. The molecule has 3 aliphatic rings. The molecule has 61 heavy (non-hydrogen) atoms. The summed E-state index contributed by atoms with van der Waals surface area (Å²) in [5, 5.41) is 23.8. The number of ether oxygens (including phenoxy) is 1. The number of hydrogen-bond donors (Lipinski definition) is 3. The fourth-order valence-corrected chi connectivity index (χ4v) is 9.70. The Morgan fingerprint density at radius 2 is 1.74 bits per heavy atom. The monoisotopic (exact) mass is 866 g/mol. The molecule has 8 rings (SSSR count). The lowest BCUT2D eigenvalue weighted by Crippen LogP contribution is -2.47. The number of nitrogens with zero attached hydrogens (tertiary/aromatic N) is 5. The van der Waals surface area contributed by atoms with Crippen molar-refractivity contribution in [1.29, 1.82) is 0 Å². The second-order valence-electron chi connectivity index (χ2n) is 17.2. The third-order valence-electron chi connectivity index (χ3n) is 12.2. The maximum Gasteiger partial charge on any atom is 0.293 e. The van der Waals surface area contributed by atoms with Crippen molar-refractivity contribution in [2.45, 2.75) is 56.9 Å². The molecule has 1 aliphatic carbocycles. The van der Waals surface area contributed by atoms with Crippen molar-refractivity contribution < 1.29 is 22.9 Å². The van der Waals surface area contributed by atoms with Crippen molar-refractivity contribution in [3.05, 3.63) is 117 Å². The number of aromatic amines is 1. The van der Waals surface area contributed by atoms with Crippen LogP contribution in [0.15, 0.2) is 95.5 Å². The zero-order valence-electron chi connectivity index (χ0n) is 34.6. The van der Waals surface area contributed by atoms with Crippen molar-refractivity contribution in [3.8, 4) is 11.5 Å². The van der Waals surface area contributed by atoms with Gasteiger partial charge < -0.3 is 19.9 Å². The van der Waals surface area contributed by atoms with Crippen LogP contribution in [-0.2, 0) is 10.0 Å². The van der Waals surface area contributed by atoms with Crippen LogP contribution in [0.25, 0.3) is 16.5 Å². The molecule has 1 amide bonds. The number of carbonyl (C=O) groups excluding carboxylic acids is 1. The summed E-state index contributed by atoms with van der Waals surface area (Å²) in [7, 11) is -2.53. The lowest BCUT2D eigenvalue weighted by Gasteiger charge is -2.39. The third-order valence-corrected chi connectivity index (χ3v) is 13.8. The van der Waals surface area contributed by atoms with E-state index in [0.29, 0.717) is 11.1 Å². The van der Waals surface area contributed by atoms with Crippen LogP contribution in [0, 0.1) is 15.5 Å². The fourth-order valence-electron chi connectivity index (χ4n) is 8.59. The number of piperidine rings is 1. The number of H-pyrrole nitrogens is 1. The molecule has 0 radical (unpaired) electrons. The van der Waals surface area contributed by atoms with E-state index in [0.717, 1.165) is 100 Å². The normalized spacial score (nSPS) is 18.0. The topological polar surface area (TPSA) is 166 Å². The number of nitrogens with one attached hydrogen (secondary N) is 3. The third kappa shape index (κ3) is 9.70. The average molecular weight is 867 g/mol. The van der Waals surface area contributed by atoms with Crippen LogP contribution < -0.4 is 19.7 Å². The number of carbonyl (C=O) groups is 1. The first-order chi connectivity index (χ1) is 29.2. The van der Waals surface area contributed by atoms with Crippen LogP contribution in [0.3, 0.4) is 0 Å². The molecule has 2 aliphatic heterocycles. The first-order valence-electron chi connectivity index (χ1n) is 20.7. The van der Waals surface area contributed by atoms with Crippen molar-refractivity contribution in [2.75, 3.05) is 63.1 Å². The highest BCUT2D eigenvalue weighted by molar-refractivity contribution is 7.90. The van der Waals surface area contributed by atoms with Gasteiger partial charge in [-0.2, -0.15) is 5.10 Å². The maximum atomic E-state index is 14.0. The van der Waals surface area contributed by atoms with Gasteiger partial charge in [0.1, 0.15) is 17.2 Å². The van der Waals surface area contributed by atoms with E-state index in [-0.39, 0.29) is 28.5 Å². The average Bonchev–Trinajstić information content (AvgIpc) is 3.73. The fraction of sp³-hybridized carbons (Fsp3) is 0.378. The van der Waals surface area contributed by atoms with Gasteiger partial charge in [0.25, 0.3) is 21.6 Å². The van der Waals surface area contributed by atoms with Gasteiger partial charge in [-0.1, -0.05) is 49.2 Å². The summed E-state index contributed by atoms with van der Waals surface area (Å²) in [6, 6.07) is 22.3. The van der Waals surface area contributed by atoms with Gasteiger partial charge in [-0.05, 0) is 117 Å². The molecule has 0 unspecified atom stereocenters. The lowest BCUT2D eigenvalue weighted by atomic mass is 9.72. The van der Waals surface area contributed by atoms with E-state index < -0.39 is 31.4 Å². The van der Waals surface area contributed by atoms with E-state index >= 15 is 0 Å². The highest BCUT2D eigenvalue weighted by Crippen LogP contribution is 2.43. The number of halogens is 1. The van der Waals surface area contributed by atoms with Gasteiger partial charge >= 0.3 is 0 Å². The van der Waals surface area contributed by atoms with Crippen LogP contribution in [0.2, 0.25) is 5.02 Å². The first-order valence-corrected chi connectivity index (χ1v) is 22.6. The van der Waals surface area contributed by atoms with E-state index in [1.165, 1.54) is 28.8 Å². The number of fused-ring (bicyclic) bond motifs is 1. The van der Waals surface area contributed by atoms with E-state index in [1.807, 2.05) is 25.2 Å². The number of amides is 1. The van der Waals surface area contributed by atoms with Gasteiger partial charge in [0.05, 0.1) is 32.5 Å². The molecule has 0 saturated carbocycles. The van der Waals surface area contributed by atoms with Crippen LogP contribution in [-0.4, -0.2) is 98.1 Å². The van der Waals surface area contributed by atoms with Crippen molar-refractivity contribution in [3.63, 3.8) is 0 Å². The summed E-state index contributed by atoms with van der Waals surface area (Å²) in [6.07, 6.45) is 6.41. The molecule has 0 spiro atoms. The Morgan fingerprint density at radius 3 is 2.48 bits per heavy atom. The van der Waals surface area contributed by atoms with E-state index in [1.54, 1.807) is 36.5 Å². The SMILES string of the molecule is CN1CCC(Nc2ccc(S(=O)(=O)NC(=O)c3ccc(N4CCN(CC5=C(c6ccc(Cl)cc6)CC(C)(C)CC5)CC4)cc3Oc3cccc4[nH]ncc34)cc2[N+](=O)[O-])CC1. The van der Waals surface area contributed by atoms with Crippen molar-refractivity contribution in [1.82, 2.24) is 24.7 Å². The number of anilines is 2. The predicted molar refractivity (Wildman–Crippen MR) is 239 cm³/mol. The number of sulfonamides is 1. The molecule has 0 atom stereocenters. The summed E-state index contributed by atoms with van der Waals surface area (Å²) in [6.45, 7) is 10.3. The molecule has 1 aromatic heterocycles. The van der Waals surface area contributed by atoms with Gasteiger partial charge in [-0.3, -0.25) is 24.9 Å². The largest absolute Gasteiger partial charge is 0.456 e. The van der Waals surface area contributed by atoms with Crippen LogP contribution in [0.5, 0.6) is 11.5 Å². The Balaban J connectivity index is 1.02. The smallest absolute Gasteiger partial charge is 0.293 e. The number of aromatic nitrogens is 2. The molecular formula is C45H51ClN8O6S. The summed E-state index contributed by atoms with van der Waals surface area (Å²) in [5.41, 5.74) is 5.70. The molecular weight excluding hydrogens is 816 g/mol. The Kier molecular flexibility index (Phi) is 12.1. The summed E-state index contributed by atoms with van der Waals surface area (Å²) >= 11 is 6.24. The zero-order valence-corrected chi connectivity index (χ0v) is 36.2. The van der Waals surface area contributed by atoms with Crippen LogP contribution in [0.4, 0.5) is 17.1 Å². The summed E-state index contributed by atoms with van der Waals surface area (Å²) < 4.78 is 36.0. The molecule has 2 fully saturated rings. The number of nitro groups is 1. The number of benzene rings is 4. The Labute approximate surface area is 361 Å². The number of piperazine rings is 1. The van der Waals surface area contributed by atoms with E-state index in [2.05, 4.69) is 60.9 Å². The number of hydrogen-bond acceptors (Lipinski definition) is 11. The molecule has 16 heteroatoms. The van der Waals surface area contributed by atoms with Gasteiger partial charge in [-0.15, -0.1) is 0 Å². The number of likely N-dealkylation sites (tertiary alicyclic amines) is 1. The van der Waals surface area contributed by atoms with Crippen LogP contribution in [0.1, 0.15) is 61.9 Å². The molecule has 0 bridgehead atoms. The standard InChI is InChI=1S/C45H51ClN8O6S/c1-45(2)18-15-31(37(27-45)30-7-9-32(46)10-8-30)29-52-21-23-53(24-22-52)34-11-13-36(43(25-34)60-42-6-4-5-39-38(42)28-47-49-39)44(55)50-61(58,59)35-12-14-40(41(26-35)54(56)57)48-33-16-19-51(3)20-17-33/h4-14,25-26,28,33,48H,15-24,27,29H2,1-3H3,(H,47,49)(H,50,55). The molecule has 3 heterocycles. The molecule has 5 aromatic rings. The van der Waals surface area contributed by atoms with Crippen molar-refractivity contribution in [2.24, 2.45) is 5.41 Å². The highest BCUT2D eigenvalue weighted by atomic mass is 35.5. The zero-order chi connectivity index (χ0) is 42.9. The minimum atomic E-state index is -4.55. The second-order valence-corrected chi connectivity index (χ2v) is 19.3. The van der Waals surface area contributed by atoms with Crippen LogP contribution >= 0.6 is 11.6 Å². The molecule has 320 valence electrons. The van der Waals surface area contributed by atoms with Gasteiger partial charge in [-0.25, -0.2) is 13.1 Å².